The Labute approximate surface area is 103 Å². The van der Waals surface area contributed by atoms with Gasteiger partial charge in [0, 0.05) is 25.1 Å². The summed E-state index contributed by atoms with van der Waals surface area (Å²) in [5.74, 6) is 1.03. The zero-order valence-electron chi connectivity index (χ0n) is 9.02. The van der Waals surface area contributed by atoms with Crippen molar-refractivity contribution in [3.63, 3.8) is 0 Å². The summed E-state index contributed by atoms with van der Waals surface area (Å²) in [4.78, 5) is 8.45. The van der Waals surface area contributed by atoms with Crippen LogP contribution in [0.1, 0.15) is 12.7 Å². The van der Waals surface area contributed by atoms with Crippen molar-refractivity contribution in [2.75, 3.05) is 5.32 Å². The second-order valence-corrected chi connectivity index (χ2v) is 4.08. The van der Waals surface area contributed by atoms with E-state index < -0.39 is 0 Å². The average molecular weight is 281 g/mol. The number of rotatable bonds is 4. The molecule has 0 aliphatic rings. The molecular weight excluding hydrogens is 268 g/mol. The molecule has 0 saturated carbocycles. The van der Waals surface area contributed by atoms with Gasteiger partial charge in [0.1, 0.15) is 10.4 Å². The Bertz CT molecular complexity index is 467. The van der Waals surface area contributed by atoms with E-state index in [-0.39, 0.29) is 0 Å². The Morgan fingerprint density at radius 2 is 2.25 bits per heavy atom. The molecule has 0 radical (unpaired) electrons. The van der Waals surface area contributed by atoms with Crippen LogP contribution in [-0.2, 0) is 13.1 Å². The molecule has 0 aliphatic heterocycles. The van der Waals surface area contributed by atoms with Gasteiger partial charge in [-0.1, -0.05) is 0 Å². The molecule has 5 heteroatoms. The number of aromatic nitrogens is 3. The highest BCUT2D eigenvalue weighted by molar-refractivity contribution is 9.10. The predicted octanol–water partition coefficient (Wildman–Crippen LogP) is 2.67. The molecule has 0 spiro atoms. The maximum absolute atomic E-state index is 4.30. The van der Waals surface area contributed by atoms with Crippen LogP contribution in [0.5, 0.6) is 0 Å². The Hall–Kier alpha value is -1.36. The first-order valence-electron chi connectivity index (χ1n) is 5.15. The lowest BCUT2D eigenvalue weighted by molar-refractivity contribution is 0.708. The van der Waals surface area contributed by atoms with Crippen molar-refractivity contribution in [3.8, 4) is 0 Å². The summed E-state index contributed by atoms with van der Waals surface area (Å²) < 4.78 is 2.93. The van der Waals surface area contributed by atoms with E-state index in [2.05, 4.69) is 42.7 Å². The maximum atomic E-state index is 4.30. The van der Waals surface area contributed by atoms with Gasteiger partial charge < -0.3 is 9.88 Å². The highest BCUT2D eigenvalue weighted by Gasteiger charge is 2.02. The van der Waals surface area contributed by atoms with Crippen molar-refractivity contribution in [3.05, 3.63) is 41.2 Å². The fraction of sp³-hybridized carbons (Fsp3) is 0.273. The molecule has 0 saturated heterocycles. The summed E-state index contributed by atoms with van der Waals surface area (Å²) >= 11 is 3.40. The van der Waals surface area contributed by atoms with Gasteiger partial charge in [-0.25, -0.2) is 9.97 Å². The van der Waals surface area contributed by atoms with Crippen molar-refractivity contribution >= 4 is 21.6 Å². The van der Waals surface area contributed by atoms with Gasteiger partial charge in [-0.2, -0.15) is 0 Å². The van der Waals surface area contributed by atoms with Gasteiger partial charge in [-0.3, -0.25) is 0 Å². The van der Waals surface area contributed by atoms with Gasteiger partial charge in [0.05, 0.1) is 12.2 Å². The standard InChI is InChI=1S/C11H13BrN4/c1-2-16-7-6-13-10(16)8-15-9-4-3-5-14-11(9)12/h3-7,15H,2,8H2,1H3. The zero-order chi connectivity index (χ0) is 11.4. The fourth-order valence-corrected chi connectivity index (χ4v) is 1.88. The van der Waals surface area contributed by atoms with Crippen LogP contribution in [0.15, 0.2) is 35.3 Å². The first-order chi connectivity index (χ1) is 7.81. The molecule has 4 nitrogen and oxygen atoms in total. The lowest BCUT2D eigenvalue weighted by Gasteiger charge is -2.08. The monoisotopic (exact) mass is 280 g/mol. The average Bonchev–Trinajstić information content (AvgIpc) is 2.75. The molecule has 0 atom stereocenters. The van der Waals surface area contributed by atoms with E-state index in [0.29, 0.717) is 6.54 Å². The minimum atomic E-state index is 0.700. The van der Waals surface area contributed by atoms with Gasteiger partial charge in [-0.05, 0) is 35.0 Å². The van der Waals surface area contributed by atoms with E-state index in [1.54, 1.807) is 6.20 Å². The minimum absolute atomic E-state index is 0.700. The highest BCUT2D eigenvalue weighted by atomic mass is 79.9. The van der Waals surface area contributed by atoms with Crippen molar-refractivity contribution < 1.29 is 0 Å². The summed E-state index contributed by atoms with van der Waals surface area (Å²) in [6.07, 6.45) is 5.55. The number of anilines is 1. The quantitative estimate of drug-likeness (QED) is 0.876. The van der Waals surface area contributed by atoms with Gasteiger partial charge >= 0.3 is 0 Å². The molecule has 0 bridgehead atoms. The van der Waals surface area contributed by atoms with E-state index in [1.807, 2.05) is 24.5 Å². The lowest BCUT2D eigenvalue weighted by Crippen LogP contribution is -2.07. The summed E-state index contributed by atoms with van der Waals surface area (Å²) in [7, 11) is 0. The topological polar surface area (TPSA) is 42.7 Å². The van der Waals surface area contributed by atoms with Crippen molar-refractivity contribution in [1.82, 2.24) is 14.5 Å². The second-order valence-electron chi connectivity index (χ2n) is 3.32. The molecular formula is C11H13BrN4. The SMILES string of the molecule is CCn1ccnc1CNc1cccnc1Br. The van der Waals surface area contributed by atoms with E-state index in [4.69, 9.17) is 0 Å². The molecule has 0 amide bonds. The summed E-state index contributed by atoms with van der Waals surface area (Å²) in [5, 5.41) is 3.30. The molecule has 0 fully saturated rings. The van der Waals surface area contributed by atoms with Crippen LogP contribution < -0.4 is 5.32 Å². The number of hydrogen-bond donors (Lipinski definition) is 1. The van der Waals surface area contributed by atoms with E-state index in [0.717, 1.165) is 22.7 Å². The highest BCUT2D eigenvalue weighted by Crippen LogP contribution is 2.18. The second kappa shape index (κ2) is 5.12. The fourth-order valence-electron chi connectivity index (χ4n) is 1.49. The maximum Gasteiger partial charge on any atom is 0.129 e. The number of aryl methyl sites for hydroxylation is 1. The van der Waals surface area contributed by atoms with Crippen LogP contribution in [0, 0.1) is 0 Å². The predicted molar refractivity (Wildman–Crippen MR) is 67.2 cm³/mol. The van der Waals surface area contributed by atoms with Gasteiger partial charge in [0.2, 0.25) is 0 Å². The minimum Gasteiger partial charge on any atom is -0.376 e. The third-order valence-corrected chi connectivity index (χ3v) is 2.97. The molecule has 84 valence electrons. The Kier molecular flexibility index (Phi) is 3.56. The number of hydrogen-bond acceptors (Lipinski definition) is 3. The van der Waals surface area contributed by atoms with Crippen LogP contribution >= 0.6 is 15.9 Å². The smallest absolute Gasteiger partial charge is 0.129 e. The molecule has 1 N–H and O–H groups in total. The van der Waals surface area contributed by atoms with Crippen LogP contribution in [0.3, 0.4) is 0 Å². The number of nitrogens with one attached hydrogen (secondary N) is 1. The first-order valence-corrected chi connectivity index (χ1v) is 5.95. The van der Waals surface area contributed by atoms with Crippen LogP contribution in [0.25, 0.3) is 0 Å². The Morgan fingerprint density at radius 3 is 3.00 bits per heavy atom. The van der Waals surface area contributed by atoms with Crippen LogP contribution in [-0.4, -0.2) is 14.5 Å². The third kappa shape index (κ3) is 2.41. The summed E-state index contributed by atoms with van der Waals surface area (Å²) in [5.41, 5.74) is 0.980. The molecule has 2 aromatic heterocycles. The van der Waals surface area contributed by atoms with Gasteiger partial charge in [0.25, 0.3) is 0 Å². The zero-order valence-corrected chi connectivity index (χ0v) is 10.6. The van der Waals surface area contributed by atoms with Crippen molar-refractivity contribution in [1.29, 1.82) is 0 Å². The molecule has 0 aliphatic carbocycles. The normalized spacial score (nSPS) is 10.4. The van der Waals surface area contributed by atoms with E-state index >= 15 is 0 Å². The molecule has 2 aromatic rings. The van der Waals surface area contributed by atoms with Gasteiger partial charge in [0.15, 0.2) is 0 Å². The summed E-state index contributed by atoms with van der Waals surface area (Å²) in [6.45, 7) is 3.74. The molecule has 0 unspecified atom stereocenters. The van der Waals surface area contributed by atoms with Crippen molar-refractivity contribution in [2.24, 2.45) is 0 Å². The summed E-state index contributed by atoms with van der Waals surface area (Å²) in [6, 6.07) is 3.88. The molecule has 16 heavy (non-hydrogen) atoms. The van der Waals surface area contributed by atoms with Crippen LogP contribution in [0.4, 0.5) is 5.69 Å². The Morgan fingerprint density at radius 1 is 1.38 bits per heavy atom. The molecule has 2 heterocycles. The lowest BCUT2D eigenvalue weighted by atomic mass is 10.4. The molecule has 2 rings (SSSR count). The van der Waals surface area contributed by atoms with E-state index in [9.17, 15) is 0 Å². The number of pyridine rings is 1. The Balaban J connectivity index is 2.05. The van der Waals surface area contributed by atoms with E-state index in [1.165, 1.54) is 0 Å². The van der Waals surface area contributed by atoms with Crippen molar-refractivity contribution in [2.45, 2.75) is 20.0 Å². The largest absolute Gasteiger partial charge is 0.376 e. The number of nitrogens with zero attached hydrogens (tertiary/aromatic N) is 3. The van der Waals surface area contributed by atoms with Crippen LogP contribution in [0.2, 0.25) is 0 Å². The molecule has 0 aromatic carbocycles. The van der Waals surface area contributed by atoms with Gasteiger partial charge in [-0.15, -0.1) is 0 Å². The third-order valence-electron chi connectivity index (χ3n) is 2.34. The first kappa shape index (κ1) is 11.1. The number of halogens is 1. The number of imidazole rings is 1.